The summed E-state index contributed by atoms with van der Waals surface area (Å²) in [7, 11) is 0. The van der Waals surface area contributed by atoms with Crippen molar-refractivity contribution < 1.29 is 4.39 Å². The maximum atomic E-state index is 13.9. The summed E-state index contributed by atoms with van der Waals surface area (Å²) in [6.07, 6.45) is 0. The number of aryl methyl sites for hydroxylation is 1. The SMILES string of the molecule is Cc1ccc(Nc2nc(N)n(Sc3ccc(Br)cc3F)n2)cc1. The van der Waals surface area contributed by atoms with Crippen LogP contribution in [-0.2, 0) is 0 Å². The van der Waals surface area contributed by atoms with Crippen molar-refractivity contribution in [1.82, 2.24) is 14.2 Å². The number of hydrogen-bond acceptors (Lipinski definition) is 5. The van der Waals surface area contributed by atoms with E-state index in [4.69, 9.17) is 5.73 Å². The Hall–Kier alpha value is -2.06. The molecule has 0 aliphatic heterocycles. The lowest BCUT2D eigenvalue weighted by molar-refractivity contribution is 0.600. The van der Waals surface area contributed by atoms with Crippen LogP contribution in [0.5, 0.6) is 0 Å². The van der Waals surface area contributed by atoms with Crippen LogP contribution in [0.3, 0.4) is 0 Å². The van der Waals surface area contributed by atoms with E-state index in [1.54, 1.807) is 12.1 Å². The van der Waals surface area contributed by atoms with Gasteiger partial charge in [-0.25, -0.2) is 4.39 Å². The molecule has 0 radical (unpaired) electrons. The van der Waals surface area contributed by atoms with Crippen LogP contribution in [0.25, 0.3) is 0 Å². The Kier molecular flexibility index (Phi) is 4.53. The summed E-state index contributed by atoms with van der Waals surface area (Å²) < 4.78 is 15.9. The van der Waals surface area contributed by atoms with E-state index < -0.39 is 0 Å². The maximum absolute atomic E-state index is 13.9. The number of halogens is 2. The molecule has 0 saturated heterocycles. The molecule has 3 rings (SSSR count). The number of nitrogens with zero attached hydrogens (tertiary/aromatic N) is 3. The van der Waals surface area contributed by atoms with Gasteiger partial charge in [0.15, 0.2) is 0 Å². The zero-order valence-corrected chi connectivity index (χ0v) is 14.5. The van der Waals surface area contributed by atoms with Crippen molar-refractivity contribution >= 4 is 45.5 Å². The Labute approximate surface area is 145 Å². The van der Waals surface area contributed by atoms with Gasteiger partial charge in [-0.1, -0.05) is 33.6 Å². The Morgan fingerprint density at radius 3 is 2.65 bits per heavy atom. The first-order valence-electron chi connectivity index (χ1n) is 6.71. The number of rotatable bonds is 4. The summed E-state index contributed by atoms with van der Waals surface area (Å²) in [5, 5.41) is 7.30. The molecule has 0 aliphatic rings. The second-order valence-corrected chi connectivity index (χ2v) is 6.71. The molecule has 1 aromatic heterocycles. The zero-order chi connectivity index (χ0) is 16.4. The van der Waals surface area contributed by atoms with Crippen LogP contribution in [-0.4, -0.2) is 14.2 Å². The number of nitrogens with one attached hydrogen (secondary N) is 1. The highest BCUT2D eigenvalue weighted by molar-refractivity contribution is 9.10. The maximum Gasteiger partial charge on any atom is 0.249 e. The standard InChI is InChI=1S/C15H13BrFN5S/c1-9-2-5-11(6-3-9)19-15-20-14(18)22(21-15)23-13-7-4-10(16)8-12(13)17/h2-8H,1H3,(H3,18,19,20,21). The average Bonchev–Trinajstić information content (AvgIpc) is 2.84. The fraction of sp³-hybridized carbons (Fsp3) is 0.0667. The summed E-state index contributed by atoms with van der Waals surface area (Å²) in [5.74, 6) is 0.190. The number of hydrogen-bond donors (Lipinski definition) is 2. The van der Waals surface area contributed by atoms with Crippen LogP contribution in [0, 0.1) is 12.7 Å². The lowest BCUT2D eigenvalue weighted by Crippen LogP contribution is -1.98. The van der Waals surface area contributed by atoms with Crippen molar-refractivity contribution in [3.8, 4) is 0 Å². The van der Waals surface area contributed by atoms with Crippen LogP contribution in [0.1, 0.15) is 5.56 Å². The number of nitrogens with two attached hydrogens (primary N) is 1. The minimum absolute atomic E-state index is 0.187. The second kappa shape index (κ2) is 6.59. The van der Waals surface area contributed by atoms with Crippen molar-refractivity contribution in [3.05, 3.63) is 58.3 Å². The van der Waals surface area contributed by atoms with E-state index in [-0.39, 0.29) is 11.8 Å². The minimum atomic E-state index is -0.354. The third-order valence-electron chi connectivity index (χ3n) is 2.99. The van der Waals surface area contributed by atoms with E-state index >= 15 is 0 Å². The van der Waals surface area contributed by atoms with Crippen LogP contribution < -0.4 is 11.1 Å². The Morgan fingerprint density at radius 2 is 1.96 bits per heavy atom. The summed E-state index contributed by atoms with van der Waals surface area (Å²) in [6, 6.07) is 12.6. The van der Waals surface area contributed by atoms with E-state index in [1.165, 1.54) is 10.2 Å². The molecule has 0 bridgehead atoms. The molecule has 0 fully saturated rings. The summed E-state index contributed by atoms with van der Waals surface area (Å²) in [5.41, 5.74) is 7.86. The highest BCUT2D eigenvalue weighted by atomic mass is 79.9. The zero-order valence-electron chi connectivity index (χ0n) is 12.1. The molecule has 3 N–H and O–H groups in total. The lowest BCUT2D eigenvalue weighted by Gasteiger charge is -2.03. The molecule has 0 unspecified atom stereocenters. The summed E-state index contributed by atoms with van der Waals surface area (Å²) in [6.45, 7) is 2.01. The van der Waals surface area contributed by atoms with Gasteiger partial charge >= 0.3 is 0 Å². The van der Waals surface area contributed by atoms with Gasteiger partial charge in [-0.05, 0) is 37.3 Å². The molecule has 5 nitrogen and oxygen atoms in total. The molecule has 0 saturated carbocycles. The van der Waals surface area contributed by atoms with Gasteiger partial charge in [-0.2, -0.15) is 9.07 Å². The smallest absolute Gasteiger partial charge is 0.249 e. The monoisotopic (exact) mass is 393 g/mol. The predicted octanol–water partition coefficient (Wildman–Crippen LogP) is 4.37. The fourth-order valence-corrected chi connectivity index (χ4v) is 2.89. The predicted molar refractivity (Wildman–Crippen MR) is 94.3 cm³/mol. The molecular formula is C15H13BrFN5S. The third-order valence-corrected chi connectivity index (χ3v) is 4.45. The molecular weight excluding hydrogens is 381 g/mol. The summed E-state index contributed by atoms with van der Waals surface area (Å²) >= 11 is 4.29. The fourth-order valence-electron chi connectivity index (χ4n) is 1.84. The summed E-state index contributed by atoms with van der Waals surface area (Å²) in [4.78, 5) is 4.55. The van der Waals surface area contributed by atoms with E-state index in [0.717, 1.165) is 23.2 Å². The molecule has 8 heteroatoms. The van der Waals surface area contributed by atoms with Crippen molar-refractivity contribution in [2.75, 3.05) is 11.1 Å². The molecule has 0 amide bonds. The van der Waals surface area contributed by atoms with Gasteiger partial charge < -0.3 is 11.1 Å². The highest BCUT2D eigenvalue weighted by Crippen LogP contribution is 2.28. The molecule has 1 heterocycles. The van der Waals surface area contributed by atoms with Crippen molar-refractivity contribution in [1.29, 1.82) is 0 Å². The van der Waals surface area contributed by atoms with Gasteiger partial charge in [0.1, 0.15) is 5.82 Å². The first kappa shape index (κ1) is 15.8. The van der Waals surface area contributed by atoms with E-state index in [0.29, 0.717) is 15.3 Å². The van der Waals surface area contributed by atoms with Crippen LogP contribution in [0.4, 0.5) is 22.0 Å². The van der Waals surface area contributed by atoms with E-state index in [1.807, 2.05) is 31.2 Å². The normalized spacial score (nSPS) is 10.7. The largest absolute Gasteiger partial charge is 0.367 e. The number of nitrogen functional groups attached to an aromatic ring is 1. The van der Waals surface area contributed by atoms with Gasteiger partial charge in [0.25, 0.3) is 0 Å². The number of aromatic nitrogens is 3. The van der Waals surface area contributed by atoms with Gasteiger partial charge in [-0.3, -0.25) is 0 Å². The Balaban J connectivity index is 1.79. The Morgan fingerprint density at radius 1 is 1.22 bits per heavy atom. The highest BCUT2D eigenvalue weighted by Gasteiger charge is 2.11. The topological polar surface area (TPSA) is 68.8 Å². The average molecular weight is 394 g/mol. The third kappa shape index (κ3) is 3.83. The number of benzene rings is 2. The van der Waals surface area contributed by atoms with Gasteiger partial charge in [0.2, 0.25) is 11.9 Å². The number of anilines is 3. The van der Waals surface area contributed by atoms with Crippen LogP contribution >= 0.6 is 27.9 Å². The quantitative estimate of drug-likeness (QED) is 0.688. The first-order chi connectivity index (χ1) is 11.0. The first-order valence-corrected chi connectivity index (χ1v) is 8.27. The molecule has 2 aromatic carbocycles. The van der Waals surface area contributed by atoms with E-state index in [2.05, 4.69) is 31.3 Å². The van der Waals surface area contributed by atoms with Crippen LogP contribution in [0.15, 0.2) is 51.8 Å². The second-order valence-electron chi connectivity index (χ2n) is 4.82. The van der Waals surface area contributed by atoms with Gasteiger partial charge in [-0.15, -0.1) is 5.10 Å². The molecule has 0 aliphatic carbocycles. The van der Waals surface area contributed by atoms with Crippen molar-refractivity contribution in [2.45, 2.75) is 11.8 Å². The molecule has 0 atom stereocenters. The lowest BCUT2D eigenvalue weighted by atomic mass is 10.2. The van der Waals surface area contributed by atoms with Gasteiger partial charge in [0, 0.05) is 22.1 Å². The minimum Gasteiger partial charge on any atom is -0.367 e. The van der Waals surface area contributed by atoms with Crippen LogP contribution in [0.2, 0.25) is 0 Å². The molecule has 23 heavy (non-hydrogen) atoms. The molecule has 118 valence electrons. The molecule has 3 aromatic rings. The van der Waals surface area contributed by atoms with Gasteiger partial charge in [0.05, 0.1) is 4.90 Å². The van der Waals surface area contributed by atoms with Crippen molar-refractivity contribution in [2.24, 2.45) is 0 Å². The Bertz CT molecular complexity index is 834. The molecule has 0 spiro atoms. The van der Waals surface area contributed by atoms with E-state index in [9.17, 15) is 4.39 Å². The van der Waals surface area contributed by atoms with Crippen molar-refractivity contribution in [3.63, 3.8) is 0 Å².